The van der Waals surface area contributed by atoms with E-state index in [0.29, 0.717) is 20.0 Å². The largest absolute Gasteiger partial charge is 0.394 e. The average Bonchev–Trinajstić information content (AvgIpc) is 3.73. The van der Waals surface area contributed by atoms with E-state index < -0.39 is 40.7 Å². The van der Waals surface area contributed by atoms with Crippen molar-refractivity contribution in [1.82, 2.24) is 30.1 Å². The Bertz CT molecular complexity index is 2430. The number of carbonyl (C=O) groups is 2. The number of halogens is 6. The van der Waals surface area contributed by atoms with Crippen LogP contribution < -0.4 is 21.6 Å². The summed E-state index contributed by atoms with van der Waals surface area (Å²) in [5.41, 5.74) is 3.33. The summed E-state index contributed by atoms with van der Waals surface area (Å²) < 4.78 is 62.9. The van der Waals surface area contributed by atoms with Crippen molar-refractivity contribution >= 4 is 88.5 Å². The number of nitrogens with one attached hydrogen (secondary N) is 4. The van der Waals surface area contributed by atoms with Gasteiger partial charge in [-0.2, -0.15) is 0 Å². The molecule has 0 aliphatic rings. The number of aliphatic hydroxyl groups excluding tert-OH is 2. The lowest BCUT2D eigenvalue weighted by Crippen LogP contribution is -2.38. The summed E-state index contributed by atoms with van der Waals surface area (Å²) in [5.74, 6) is -4.41. The molecule has 0 fully saturated rings. The fourth-order valence-corrected chi connectivity index (χ4v) is 5.66. The molecular weight excluding hydrogens is 876 g/mol. The van der Waals surface area contributed by atoms with Gasteiger partial charge < -0.3 is 30.0 Å². The number of benzene rings is 4. The van der Waals surface area contributed by atoms with Crippen LogP contribution in [0.5, 0.6) is 0 Å². The molecule has 0 spiro atoms. The number of aromatic nitrogens is 4. The molecule has 2 amide bonds. The van der Waals surface area contributed by atoms with Crippen LogP contribution in [-0.4, -0.2) is 66.6 Å². The normalized spacial score (nSPS) is 11.4. The molecular formula is C36H34Br2F4N8O6. The molecule has 0 aliphatic carbocycles. The number of hydroxylamine groups is 2. The summed E-state index contributed by atoms with van der Waals surface area (Å²) in [6.07, 6.45) is 2.81. The number of rotatable bonds is 12. The van der Waals surface area contributed by atoms with Gasteiger partial charge in [-0.15, -0.1) is 0 Å². The summed E-state index contributed by atoms with van der Waals surface area (Å²) in [5, 5.41) is 23.3. The van der Waals surface area contributed by atoms with E-state index in [1.54, 1.807) is 49.2 Å². The number of fused-ring (bicyclic) bond motifs is 2. The molecule has 6 N–H and O–H groups in total. The number of amides is 2. The van der Waals surface area contributed by atoms with Gasteiger partial charge in [0.25, 0.3) is 11.8 Å². The Hall–Kier alpha value is -5.12. The number of carbonyl (C=O) groups excluding carboxylic acids is 2. The summed E-state index contributed by atoms with van der Waals surface area (Å²) in [4.78, 5) is 43.2. The number of aryl methyl sites for hydroxylation is 2. The highest BCUT2D eigenvalue weighted by Gasteiger charge is 2.26. The van der Waals surface area contributed by atoms with Crippen LogP contribution in [-0.2, 0) is 23.8 Å². The first kappa shape index (κ1) is 42.0. The topological polar surface area (TPSA) is 177 Å². The number of hydrogen-bond acceptors (Lipinski definition) is 10. The van der Waals surface area contributed by atoms with E-state index in [2.05, 4.69) is 63.4 Å². The summed E-state index contributed by atoms with van der Waals surface area (Å²) in [6.45, 7) is 2.34. The van der Waals surface area contributed by atoms with E-state index in [0.717, 1.165) is 0 Å². The van der Waals surface area contributed by atoms with Crippen molar-refractivity contribution in [1.29, 1.82) is 0 Å². The first-order valence-electron chi connectivity index (χ1n) is 16.4. The van der Waals surface area contributed by atoms with Crippen molar-refractivity contribution in [2.24, 2.45) is 14.1 Å². The SMILES string of the molecule is Cn1cnc2c(F)c(Nc3ccc(Br)cc3F)c(C(=O)NOC(C)(C)CO)cc21.Cn1cnc2c(F)c(Nc3ccc(Br)cc3F)c(C(=O)NOCCO)cc21. The van der Waals surface area contributed by atoms with Crippen LogP contribution in [0.3, 0.4) is 0 Å². The molecule has 4 aromatic carbocycles. The zero-order chi connectivity index (χ0) is 40.9. The number of aliphatic hydroxyl groups is 2. The minimum atomic E-state index is -1.05. The third-order valence-electron chi connectivity index (χ3n) is 7.95. The van der Waals surface area contributed by atoms with Crippen LogP contribution in [0.2, 0.25) is 0 Å². The Labute approximate surface area is 333 Å². The van der Waals surface area contributed by atoms with Gasteiger partial charge in [-0.3, -0.25) is 19.3 Å². The van der Waals surface area contributed by atoms with Crippen molar-refractivity contribution in [2.75, 3.05) is 30.5 Å². The van der Waals surface area contributed by atoms with Gasteiger partial charge in [0.2, 0.25) is 0 Å². The monoisotopic (exact) mass is 908 g/mol. The van der Waals surface area contributed by atoms with Crippen LogP contribution in [0.25, 0.3) is 22.1 Å². The van der Waals surface area contributed by atoms with E-state index in [9.17, 15) is 23.5 Å². The number of nitrogens with zero attached hydrogens (tertiary/aromatic N) is 4. The third-order valence-corrected chi connectivity index (χ3v) is 8.94. The fourth-order valence-electron chi connectivity index (χ4n) is 4.99. The maximum Gasteiger partial charge on any atom is 0.277 e. The number of hydrogen-bond donors (Lipinski definition) is 6. The molecule has 0 aliphatic heterocycles. The third kappa shape index (κ3) is 9.45. The zero-order valence-electron chi connectivity index (χ0n) is 30.0. The van der Waals surface area contributed by atoms with E-state index in [1.165, 1.54) is 49.1 Å². The molecule has 0 saturated carbocycles. The Morgan fingerprint density at radius 3 is 1.61 bits per heavy atom. The van der Waals surface area contributed by atoms with E-state index in [-0.39, 0.29) is 64.7 Å². The van der Waals surface area contributed by atoms with Gasteiger partial charge >= 0.3 is 0 Å². The number of anilines is 4. The molecule has 6 aromatic rings. The van der Waals surface area contributed by atoms with Crippen LogP contribution in [0.1, 0.15) is 34.6 Å². The Balaban J connectivity index is 0.000000215. The predicted molar refractivity (Wildman–Crippen MR) is 206 cm³/mol. The quantitative estimate of drug-likeness (QED) is 0.0435. The molecule has 296 valence electrons. The molecule has 0 atom stereocenters. The van der Waals surface area contributed by atoms with Gasteiger partial charge in [0.1, 0.15) is 28.3 Å². The van der Waals surface area contributed by atoms with Gasteiger partial charge in [0.05, 0.1) is 77.4 Å². The predicted octanol–water partition coefficient (Wildman–Crippen LogP) is 6.80. The van der Waals surface area contributed by atoms with E-state index >= 15 is 8.78 Å². The van der Waals surface area contributed by atoms with E-state index in [1.807, 2.05) is 0 Å². The van der Waals surface area contributed by atoms with Crippen LogP contribution in [0, 0.1) is 23.3 Å². The van der Waals surface area contributed by atoms with Crippen molar-refractivity contribution in [2.45, 2.75) is 19.4 Å². The molecule has 0 radical (unpaired) electrons. The van der Waals surface area contributed by atoms with Crippen molar-refractivity contribution in [3.05, 3.63) is 105 Å². The second kappa shape index (κ2) is 17.8. The van der Waals surface area contributed by atoms with Gasteiger partial charge in [-0.25, -0.2) is 38.5 Å². The molecule has 0 saturated heterocycles. The molecule has 2 heterocycles. The molecule has 56 heavy (non-hydrogen) atoms. The molecule has 6 rings (SSSR count). The van der Waals surface area contributed by atoms with Gasteiger partial charge in [-0.1, -0.05) is 31.9 Å². The van der Waals surface area contributed by atoms with E-state index in [4.69, 9.17) is 14.8 Å². The zero-order valence-corrected chi connectivity index (χ0v) is 33.2. The van der Waals surface area contributed by atoms with Gasteiger partial charge in [0, 0.05) is 23.0 Å². The van der Waals surface area contributed by atoms with Crippen molar-refractivity contribution in [3.63, 3.8) is 0 Å². The maximum atomic E-state index is 15.2. The standard InChI is InChI=1S/C19H19BrF2N4O3.C17H15BrF2N4O3/c1-19(2,8-27)29-25-18(28)11-7-14-17(23-9-26(14)3)15(22)16(11)24-13-5-4-10(20)6-12(13)21;1-24-8-21-16-13(24)7-10(17(26)23-27-5-4-25)15(14(16)20)22-12-3-2-9(18)6-11(12)19/h4-7,9,24,27H,8H2,1-3H3,(H,25,28);2-3,6-8,22,25H,4-5H2,1H3,(H,23,26). The minimum absolute atomic E-state index is 0.0160. The summed E-state index contributed by atoms with van der Waals surface area (Å²) >= 11 is 6.31. The Kier molecular flexibility index (Phi) is 13.3. The highest BCUT2D eigenvalue weighted by Crippen LogP contribution is 2.34. The maximum absolute atomic E-state index is 15.2. The number of imidazole rings is 2. The highest BCUT2D eigenvalue weighted by molar-refractivity contribution is 9.10. The smallest absolute Gasteiger partial charge is 0.277 e. The fraction of sp³-hybridized carbons (Fsp3) is 0.222. The lowest BCUT2D eigenvalue weighted by Gasteiger charge is -2.22. The molecule has 0 bridgehead atoms. The highest BCUT2D eigenvalue weighted by atomic mass is 79.9. The molecule has 20 heteroatoms. The second-order valence-corrected chi connectivity index (χ2v) is 14.5. The molecule has 0 unspecified atom stereocenters. The minimum Gasteiger partial charge on any atom is -0.394 e. The van der Waals surface area contributed by atoms with Crippen LogP contribution in [0.15, 0.2) is 70.1 Å². The first-order chi connectivity index (χ1) is 26.5. The molecule has 2 aromatic heterocycles. The lowest BCUT2D eigenvalue weighted by molar-refractivity contribution is -0.0956. The Morgan fingerprint density at radius 2 is 1.20 bits per heavy atom. The van der Waals surface area contributed by atoms with Crippen molar-refractivity contribution < 1.29 is 47.0 Å². The van der Waals surface area contributed by atoms with Gasteiger partial charge in [0.15, 0.2) is 11.6 Å². The van der Waals surface area contributed by atoms with Crippen LogP contribution in [0.4, 0.5) is 40.3 Å². The second-order valence-electron chi connectivity index (χ2n) is 12.6. The first-order valence-corrected chi connectivity index (χ1v) is 18.0. The lowest BCUT2D eigenvalue weighted by atomic mass is 10.1. The Morgan fingerprint density at radius 1 is 0.750 bits per heavy atom. The van der Waals surface area contributed by atoms with Crippen LogP contribution >= 0.6 is 31.9 Å². The summed E-state index contributed by atoms with van der Waals surface area (Å²) in [6, 6.07) is 11.2. The van der Waals surface area contributed by atoms with Gasteiger partial charge in [-0.05, 0) is 62.4 Å². The molecule has 14 nitrogen and oxygen atoms in total. The van der Waals surface area contributed by atoms with Crippen molar-refractivity contribution in [3.8, 4) is 0 Å². The average molecular weight is 911 g/mol. The summed E-state index contributed by atoms with van der Waals surface area (Å²) in [7, 11) is 3.31.